The number of hydrogen-bond acceptors (Lipinski definition) is 3. The molecule has 0 bridgehead atoms. The third-order valence-corrected chi connectivity index (χ3v) is 4.85. The standard InChI is InChI=1S/C14H21NO3/c1-9-8-18-14(6-4-3-5-7-14)15-12(9)11(10(2)16)13(15)17/h9,11-12H,3-8H2,1-2H3. The highest BCUT2D eigenvalue weighted by Crippen LogP contribution is 2.48. The largest absolute Gasteiger partial charge is 0.355 e. The first-order valence-electron chi connectivity index (χ1n) is 7.04. The van der Waals surface area contributed by atoms with Gasteiger partial charge in [0.2, 0.25) is 5.91 Å². The van der Waals surface area contributed by atoms with E-state index in [0.29, 0.717) is 6.61 Å². The number of fused-ring (bicyclic) bond motifs is 2. The molecule has 0 aromatic rings. The van der Waals surface area contributed by atoms with E-state index in [9.17, 15) is 9.59 Å². The van der Waals surface area contributed by atoms with Crippen molar-refractivity contribution < 1.29 is 14.3 Å². The fourth-order valence-corrected chi connectivity index (χ4v) is 3.92. The highest BCUT2D eigenvalue weighted by Gasteiger charge is 2.62. The smallest absolute Gasteiger partial charge is 0.237 e. The molecule has 2 heterocycles. The Bertz CT molecular complexity index is 387. The van der Waals surface area contributed by atoms with Crippen molar-refractivity contribution in [3.05, 3.63) is 0 Å². The van der Waals surface area contributed by atoms with E-state index < -0.39 is 5.92 Å². The first-order chi connectivity index (χ1) is 8.57. The van der Waals surface area contributed by atoms with Crippen LogP contribution in [-0.2, 0) is 14.3 Å². The lowest BCUT2D eigenvalue weighted by atomic mass is 9.72. The third kappa shape index (κ3) is 1.48. The van der Waals surface area contributed by atoms with Gasteiger partial charge in [-0.3, -0.25) is 9.59 Å². The summed E-state index contributed by atoms with van der Waals surface area (Å²) in [5, 5.41) is 0. The van der Waals surface area contributed by atoms with Gasteiger partial charge in [0.05, 0.1) is 12.6 Å². The molecule has 2 aliphatic heterocycles. The maximum Gasteiger partial charge on any atom is 0.237 e. The number of nitrogens with zero attached hydrogens (tertiary/aromatic N) is 1. The molecule has 1 spiro atoms. The number of ether oxygens (including phenoxy) is 1. The van der Waals surface area contributed by atoms with Gasteiger partial charge < -0.3 is 9.64 Å². The van der Waals surface area contributed by atoms with Crippen molar-refractivity contribution in [2.24, 2.45) is 11.8 Å². The lowest BCUT2D eigenvalue weighted by molar-refractivity contribution is -0.266. The molecular weight excluding hydrogens is 230 g/mol. The van der Waals surface area contributed by atoms with E-state index >= 15 is 0 Å². The highest BCUT2D eigenvalue weighted by molar-refractivity contribution is 6.06. The molecule has 3 aliphatic rings. The zero-order valence-corrected chi connectivity index (χ0v) is 11.1. The lowest BCUT2D eigenvalue weighted by Gasteiger charge is -2.62. The summed E-state index contributed by atoms with van der Waals surface area (Å²) in [5.74, 6) is -0.117. The van der Waals surface area contributed by atoms with Crippen LogP contribution < -0.4 is 0 Å². The highest BCUT2D eigenvalue weighted by atomic mass is 16.5. The molecule has 0 N–H and O–H groups in total. The Morgan fingerprint density at radius 1 is 1.33 bits per heavy atom. The van der Waals surface area contributed by atoms with Crippen LogP contribution in [0.2, 0.25) is 0 Å². The fraction of sp³-hybridized carbons (Fsp3) is 0.857. The van der Waals surface area contributed by atoms with Crippen molar-refractivity contribution in [3.63, 3.8) is 0 Å². The number of β-lactam (4-membered cyclic amide) rings is 1. The van der Waals surface area contributed by atoms with E-state index in [2.05, 4.69) is 6.92 Å². The second-order valence-electron chi connectivity index (χ2n) is 6.08. The van der Waals surface area contributed by atoms with E-state index in [-0.39, 0.29) is 29.4 Å². The van der Waals surface area contributed by atoms with E-state index in [4.69, 9.17) is 4.74 Å². The van der Waals surface area contributed by atoms with Gasteiger partial charge in [-0.25, -0.2) is 0 Å². The van der Waals surface area contributed by atoms with E-state index in [1.807, 2.05) is 4.90 Å². The van der Waals surface area contributed by atoms with Crippen LogP contribution >= 0.6 is 0 Å². The SMILES string of the molecule is CC(=O)C1C(=O)N2C1C(C)COC21CCCCC1. The van der Waals surface area contributed by atoms with Gasteiger partial charge in [-0.15, -0.1) is 0 Å². The monoisotopic (exact) mass is 251 g/mol. The average molecular weight is 251 g/mol. The van der Waals surface area contributed by atoms with Gasteiger partial charge >= 0.3 is 0 Å². The number of ketones is 1. The molecule has 3 unspecified atom stereocenters. The van der Waals surface area contributed by atoms with E-state index in [1.165, 1.54) is 13.3 Å². The Labute approximate surface area is 108 Å². The van der Waals surface area contributed by atoms with Crippen LogP contribution in [0.25, 0.3) is 0 Å². The number of rotatable bonds is 1. The summed E-state index contributed by atoms with van der Waals surface area (Å²) < 4.78 is 6.04. The minimum atomic E-state index is -0.400. The zero-order chi connectivity index (χ0) is 12.9. The van der Waals surface area contributed by atoms with Crippen LogP contribution in [0.1, 0.15) is 46.0 Å². The predicted molar refractivity (Wildman–Crippen MR) is 65.7 cm³/mol. The Morgan fingerprint density at radius 3 is 2.61 bits per heavy atom. The minimum absolute atomic E-state index is 0.000880. The van der Waals surface area contributed by atoms with Crippen molar-refractivity contribution >= 4 is 11.7 Å². The van der Waals surface area contributed by atoms with Crippen LogP contribution in [0.5, 0.6) is 0 Å². The zero-order valence-electron chi connectivity index (χ0n) is 11.1. The van der Waals surface area contributed by atoms with Gasteiger partial charge in [0, 0.05) is 5.92 Å². The summed E-state index contributed by atoms with van der Waals surface area (Å²) >= 11 is 0. The number of Topliss-reactive ketones (excluding diaryl/α,β-unsaturated/α-hetero) is 1. The molecule has 1 amide bonds. The summed E-state index contributed by atoms with van der Waals surface area (Å²) in [6.45, 7) is 4.30. The third-order valence-electron chi connectivity index (χ3n) is 4.85. The van der Waals surface area contributed by atoms with Gasteiger partial charge in [-0.05, 0) is 32.6 Å². The molecule has 0 aromatic carbocycles. The summed E-state index contributed by atoms with van der Waals surface area (Å²) in [7, 11) is 0. The molecule has 1 aliphatic carbocycles. The quantitative estimate of drug-likeness (QED) is 0.526. The van der Waals surface area contributed by atoms with Crippen molar-refractivity contribution in [2.45, 2.75) is 57.7 Å². The number of hydrogen-bond donors (Lipinski definition) is 0. The molecule has 100 valence electrons. The molecule has 18 heavy (non-hydrogen) atoms. The molecule has 3 atom stereocenters. The predicted octanol–water partition coefficient (Wildman–Crippen LogP) is 1.73. The maximum absolute atomic E-state index is 12.3. The molecule has 0 aromatic heterocycles. The van der Waals surface area contributed by atoms with Crippen LogP contribution in [0, 0.1) is 11.8 Å². The fourth-order valence-electron chi connectivity index (χ4n) is 3.92. The lowest BCUT2D eigenvalue weighted by Crippen LogP contribution is -2.76. The van der Waals surface area contributed by atoms with Gasteiger partial charge in [-0.1, -0.05) is 13.3 Å². The topological polar surface area (TPSA) is 46.6 Å². The van der Waals surface area contributed by atoms with Gasteiger partial charge in [-0.2, -0.15) is 0 Å². The first kappa shape index (κ1) is 12.2. The van der Waals surface area contributed by atoms with Crippen molar-refractivity contribution in [1.29, 1.82) is 0 Å². The number of carbonyl (C=O) groups is 2. The summed E-state index contributed by atoms with van der Waals surface area (Å²) in [6.07, 6.45) is 5.34. The van der Waals surface area contributed by atoms with Gasteiger partial charge in [0.1, 0.15) is 17.4 Å². The van der Waals surface area contributed by atoms with Crippen LogP contribution in [0.4, 0.5) is 0 Å². The molecule has 1 saturated carbocycles. The Kier molecular flexibility index (Phi) is 2.73. The van der Waals surface area contributed by atoms with Crippen LogP contribution in [-0.4, -0.2) is 35.0 Å². The van der Waals surface area contributed by atoms with E-state index in [1.54, 1.807) is 0 Å². The Morgan fingerprint density at radius 2 is 2.00 bits per heavy atom. The molecule has 4 nitrogen and oxygen atoms in total. The molecular formula is C14H21NO3. The van der Waals surface area contributed by atoms with Crippen LogP contribution in [0.3, 0.4) is 0 Å². The second-order valence-corrected chi connectivity index (χ2v) is 6.08. The minimum Gasteiger partial charge on any atom is -0.355 e. The normalized spacial score (nSPS) is 38.2. The number of carbonyl (C=O) groups excluding carboxylic acids is 2. The Balaban J connectivity index is 1.89. The summed E-state index contributed by atoms with van der Waals surface area (Å²) in [6, 6.07) is 0.0850. The van der Waals surface area contributed by atoms with Crippen molar-refractivity contribution in [2.75, 3.05) is 6.61 Å². The van der Waals surface area contributed by atoms with Gasteiger partial charge in [0.15, 0.2) is 0 Å². The first-order valence-corrected chi connectivity index (χ1v) is 7.04. The summed E-state index contributed by atoms with van der Waals surface area (Å²) in [4.78, 5) is 25.8. The molecule has 4 heteroatoms. The van der Waals surface area contributed by atoms with E-state index in [0.717, 1.165) is 25.7 Å². The molecule has 0 radical (unpaired) electrons. The summed E-state index contributed by atoms with van der Waals surface area (Å²) in [5.41, 5.74) is -0.377. The second kappa shape index (κ2) is 4.05. The average Bonchev–Trinajstić information content (AvgIpc) is 2.32. The molecule has 3 fully saturated rings. The number of amides is 1. The van der Waals surface area contributed by atoms with Gasteiger partial charge in [0.25, 0.3) is 0 Å². The maximum atomic E-state index is 12.3. The molecule has 2 saturated heterocycles. The molecule has 3 rings (SSSR count). The van der Waals surface area contributed by atoms with Crippen molar-refractivity contribution in [3.8, 4) is 0 Å². The Hall–Kier alpha value is -0.900. The van der Waals surface area contributed by atoms with Crippen molar-refractivity contribution in [1.82, 2.24) is 4.90 Å². The van der Waals surface area contributed by atoms with Crippen LogP contribution in [0.15, 0.2) is 0 Å².